The number of nitrogens with one attached hydrogen (secondary N) is 1. The molecule has 0 atom stereocenters. The molecule has 0 saturated heterocycles. The van der Waals surface area contributed by atoms with E-state index in [-0.39, 0.29) is 0 Å². The zero-order valence-electron chi connectivity index (χ0n) is 9.99. The van der Waals surface area contributed by atoms with Gasteiger partial charge in [0.05, 0.1) is 6.10 Å². The van der Waals surface area contributed by atoms with Crippen LogP contribution in [-0.2, 0) is 11.2 Å². The number of aryl methyl sites for hydroxylation is 1. The van der Waals surface area contributed by atoms with Crippen molar-refractivity contribution in [2.75, 3.05) is 13.7 Å². The summed E-state index contributed by atoms with van der Waals surface area (Å²) in [6.45, 7) is 1.12. The van der Waals surface area contributed by atoms with E-state index in [0.717, 1.165) is 6.54 Å². The highest BCUT2D eigenvalue weighted by atomic mass is 16.5. The summed E-state index contributed by atoms with van der Waals surface area (Å²) in [7, 11) is 1.80. The highest BCUT2D eigenvalue weighted by Crippen LogP contribution is 2.22. The van der Waals surface area contributed by atoms with Crippen molar-refractivity contribution < 1.29 is 4.74 Å². The minimum absolute atomic E-state index is 0.506. The van der Waals surface area contributed by atoms with Gasteiger partial charge in [-0.2, -0.15) is 0 Å². The maximum Gasteiger partial charge on any atom is 0.0601 e. The lowest BCUT2D eigenvalue weighted by atomic mass is 9.89. The van der Waals surface area contributed by atoms with Crippen LogP contribution < -0.4 is 5.32 Å². The fraction of sp³-hybridized carbons (Fsp3) is 0.571. The van der Waals surface area contributed by atoms with Gasteiger partial charge >= 0.3 is 0 Å². The van der Waals surface area contributed by atoms with E-state index in [4.69, 9.17) is 4.74 Å². The van der Waals surface area contributed by atoms with Gasteiger partial charge in [0.2, 0.25) is 0 Å². The van der Waals surface area contributed by atoms with Gasteiger partial charge < -0.3 is 10.1 Å². The lowest BCUT2D eigenvalue weighted by Gasteiger charge is -2.34. The van der Waals surface area contributed by atoms with Crippen LogP contribution in [0.5, 0.6) is 0 Å². The molecule has 0 bridgehead atoms. The quantitative estimate of drug-likeness (QED) is 0.742. The van der Waals surface area contributed by atoms with E-state index >= 15 is 0 Å². The summed E-state index contributed by atoms with van der Waals surface area (Å²) in [5.41, 5.74) is 1.44. The van der Waals surface area contributed by atoms with Gasteiger partial charge in [-0.05, 0) is 37.8 Å². The summed E-state index contributed by atoms with van der Waals surface area (Å²) >= 11 is 0. The van der Waals surface area contributed by atoms with E-state index in [1.54, 1.807) is 7.11 Å². The van der Waals surface area contributed by atoms with Crippen LogP contribution in [0.3, 0.4) is 0 Å². The lowest BCUT2D eigenvalue weighted by molar-refractivity contribution is 0.0175. The molecule has 0 spiro atoms. The third-order valence-corrected chi connectivity index (χ3v) is 3.35. The molecule has 0 aromatic heterocycles. The fourth-order valence-corrected chi connectivity index (χ4v) is 2.17. The summed E-state index contributed by atoms with van der Waals surface area (Å²) in [4.78, 5) is 0. The molecule has 0 aliphatic heterocycles. The van der Waals surface area contributed by atoms with Crippen LogP contribution in [0.25, 0.3) is 0 Å². The molecule has 1 aromatic rings. The van der Waals surface area contributed by atoms with Crippen LogP contribution in [0.4, 0.5) is 0 Å². The first-order valence-electron chi connectivity index (χ1n) is 6.18. The molecular formula is C14H21NO. The SMILES string of the molecule is COC1CC(NCCCc2ccccc2)C1. The maximum absolute atomic E-state index is 5.25. The number of hydrogen-bond acceptors (Lipinski definition) is 2. The molecule has 1 fully saturated rings. The molecule has 16 heavy (non-hydrogen) atoms. The van der Waals surface area contributed by atoms with Crippen molar-refractivity contribution in [3.8, 4) is 0 Å². The standard InChI is InChI=1S/C14H21NO/c1-16-14-10-13(11-14)15-9-5-8-12-6-3-2-4-7-12/h2-4,6-7,13-15H,5,8-11H2,1H3. The zero-order chi connectivity index (χ0) is 11.2. The third kappa shape index (κ3) is 3.32. The Labute approximate surface area is 98.0 Å². The summed E-state index contributed by atoms with van der Waals surface area (Å²) < 4.78 is 5.25. The van der Waals surface area contributed by atoms with Crippen molar-refractivity contribution in [2.45, 2.75) is 37.8 Å². The van der Waals surface area contributed by atoms with E-state index in [1.165, 1.54) is 31.2 Å². The third-order valence-electron chi connectivity index (χ3n) is 3.35. The Morgan fingerprint density at radius 3 is 2.69 bits per heavy atom. The normalized spacial score (nSPS) is 24.1. The number of methoxy groups -OCH3 is 1. The van der Waals surface area contributed by atoms with Crippen molar-refractivity contribution >= 4 is 0 Å². The Kier molecular flexibility index (Phi) is 4.37. The Hall–Kier alpha value is -0.860. The van der Waals surface area contributed by atoms with Crippen LogP contribution in [-0.4, -0.2) is 25.8 Å². The molecule has 1 aromatic carbocycles. The average Bonchev–Trinajstić information content (AvgIpc) is 2.28. The van der Waals surface area contributed by atoms with Gasteiger partial charge in [-0.1, -0.05) is 30.3 Å². The van der Waals surface area contributed by atoms with Crippen LogP contribution in [0.1, 0.15) is 24.8 Å². The van der Waals surface area contributed by atoms with Crippen LogP contribution in [0.15, 0.2) is 30.3 Å². The van der Waals surface area contributed by atoms with Gasteiger partial charge in [0.1, 0.15) is 0 Å². The first kappa shape index (κ1) is 11.6. The Morgan fingerprint density at radius 2 is 2.00 bits per heavy atom. The van der Waals surface area contributed by atoms with E-state index in [0.29, 0.717) is 12.1 Å². The number of benzene rings is 1. The molecule has 0 unspecified atom stereocenters. The highest BCUT2D eigenvalue weighted by molar-refractivity contribution is 5.14. The van der Waals surface area contributed by atoms with Crippen LogP contribution >= 0.6 is 0 Å². The maximum atomic E-state index is 5.25. The fourth-order valence-electron chi connectivity index (χ4n) is 2.17. The molecule has 1 saturated carbocycles. The van der Waals surface area contributed by atoms with Crippen molar-refractivity contribution in [2.24, 2.45) is 0 Å². The molecule has 1 N–H and O–H groups in total. The Morgan fingerprint density at radius 1 is 1.25 bits per heavy atom. The molecule has 2 rings (SSSR count). The first-order chi connectivity index (χ1) is 7.88. The topological polar surface area (TPSA) is 21.3 Å². The molecule has 1 aliphatic rings. The van der Waals surface area contributed by atoms with Gasteiger partial charge in [0.15, 0.2) is 0 Å². The Bertz CT molecular complexity index is 293. The summed E-state index contributed by atoms with van der Waals surface area (Å²) in [5.74, 6) is 0. The number of rotatable bonds is 6. The molecule has 0 radical (unpaired) electrons. The number of hydrogen-bond donors (Lipinski definition) is 1. The van der Waals surface area contributed by atoms with Crippen LogP contribution in [0, 0.1) is 0 Å². The largest absolute Gasteiger partial charge is 0.381 e. The average molecular weight is 219 g/mol. The predicted octanol–water partition coefficient (Wildman–Crippen LogP) is 2.39. The van der Waals surface area contributed by atoms with Gasteiger partial charge in [-0.3, -0.25) is 0 Å². The summed E-state index contributed by atoms with van der Waals surface area (Å²) in [6, 6.07) is 11.4. The molecule has 2 nitrogen and oxygen atoms in total. The van der Waals surface area contributed by atoms with Gasteiger partial charge in [0, 0.05) is 13.2 Å². The second-order valence-corrected chi connectivity index (χ2v) is 4.57. The first-order valence-corrected chi connectivity index (χ1v) is 6.18. The zero-order valence-corrected chi connectivity index (χ0v) is 9.99. The lowest BCUT2D eigenvalue weighted by Crippen LogP contribution is -2.45. The molecule has 0 heterocycles. The van der Waals surface area contributed by atoms with E-state index in [9.17, 15) is 0 Å². The van der Waals surface area contributed by atoms with E-state index < -0.39 is 0 Å². The Balaban J connectivity index is 1.53. The van der Waals surface area contributed by atoms with E-state index in [1.807, 2.05) is 0 Å². The highest BCUT2D eigenvalue weighted by Gasteiger charge is 2.27. The molecule has 0 amide bonds. The van der Waals surface area contributed by atoms with Crippen molar-refractivity contribution in [1.82, 2.24) is 5.32 Å². The van der Waals surface area contributed by atoms with Crippen molar-refractivity contribution in [3.05, 3.63) is 35.9 Å². The van der Waals surface area contributed by atoms with Gasteiger partial charge in [-0.25, -0.2) is 0 Å². The smallest absolute Gasteiger partial charge is 0.0601 e. The molecule has 88 valence electrons. The second-order valence-electron chi connectivity index (χ2n) is 4.57. The molecule has 2 heteroatoms. The van der Waals surface area contributed by atoms with Gasteiger partial charge in [0.25, 0.3) is 0 Å². The monoisotopic (exact) mass is 219 g/mol. The van der Waals surface area contributed by atoms with Crippen molar-refractivity contribution in [3.63, 3.8) is 0 Å². The summed E-state index contributed by atoms with van der Waals surface area (Å²) in [6.07, 6.45) is 5.27. The molecule has 1 aliphatic carbocycles. The van der Waals surface area contributed by atoms with Crippen LogP contribution in [0.2, 0.25) is 0 Å². The number of ether oxygens (including phenoxy) is 1. The van der Waals surface area contributed by atoms with Gasteiger partial charge in [-0.15, -0.1) is 0 Å². The minimum atomic E-state index is 0.506. The summed E-state index contributed by atoms with van der Waals surface area (Å²) in [5, 5.41) is 3.57. The predicted molar refractivity (Wildman–Crippen MR) is 66.6 cm³/mol. The van der Waals surface area contributed by atoms with Crippen molar-refractivity contribution in [1.29, 1.82) is 0 Å². The van der Waals surface area contributed by atoms with E-state index in [2.05, 4.69) is 35.6 Å². The second kappa shape index (κ2) is 6.02. The minimum Gasteiger partial charge on any atom is -0.381 e. The molecular weight excluding hydrogens is 198 g/mol.